The number of aliphatic carboxylic acids is 1. The molecule has 1 aliphatic rings. The second kappa shape index (κ2) is 5.21. The van der Waals surface area contributed by atoms with Gasteiger partial charge in [-0.05, 0) is 53.4 Å². The van der Waals surface area contributed by atoms with E-state index >= 15 is 0 Å². The van der Waals surface area contributed by atoms with E-state index in [4.69, 9.17) is 10.8 Å². The number of nitrogens with one attached hydrogen (secondary N) is 1. The topological polar surface area (TPSA) is 92.4 Å². The maximum absolute atomic E-state index is 12.2. The van der Waals surface area contributed by atoms with Gasteiger partial charge in [0.15, 0.2) is 0 Å². The third kappa shape index (κ3) is 3.07. The van der Waals surface area contributed by atoms with Gasteiger partial charge >= 0.3 is 5.97 Å². The zero-order valence-electron chi connectivity index (χ0n) is 10.3. The fourth-order valence-corrected chi connectivity index (χ4v) is 2.69. The van der Waals surface area contributed by atoms with Gasteiger partial charge in [0.25, 0.3) is 5.91 Å². The summed E-state index contributed by atoms with van der Waals surface area (Å²) in [5, 5.41) is 11.8. The molecule has 102 valence electrons. The van der Waals surface area contributed by atoms with Gasteiger partial charge in [0.1, 0.15) is 0 Å². The minimum atomic E-state index is -0.897. The fourth-order valence-electron chi connectivity index (χ4n) is 2.26. The highest BCUT2D eigenvalue weighted by molar-refractivity contribution is 9.10. The van der Waals surface area contributed by atoms with Crippen LogP contribution >= 0.6 is 15.9 Å². The summed E-state index contributed by atoms with van der Waals surface area (Å²) in [7, 11) is 0. The summed E-state index contributed by atoms with van der Waals surface area (Å²) in [5.74, 6) is -1.19. The number of hydrogen-bond acceptors (Lipinski definition) is 3. The zero-order valence-corrected chi connectivity index (χ0v) is 11.9. The average Bonchev–Trinajstić information content (AvgIpc) is 2.28. The van der Waals surface area contributed by atoms with Gasteiger partial charge in [0.05, 0.1) is 17.5 Å². The highest BCUT2D eigenvalue weighted by Gasteiger charge is 2.40. The number of rotatable bonds is 4. The first kappa shape index (κ1) is 13.9. The molecular weight excluding hydrogens is 312 g/mol. The molecule has 0 unspecified atom stereocenters. The van der Waals surface area contributed by atoms with Crippen LogP contribution in [-0.4, -0.2) is 22.5 Å². The van der Waals surface area contributed by atoms with E-state index in [-0.39, 0.29) is 12.3 Å². The van der Waals surface area contributed by atoms with E-state index in [0.29, 0.717) is 28.6 Å². The van der Waals surface area contributed by atoms with Gasteiger partial charge in [-0.2, -0.15) is 0 Å². The SMILES string of the molecule is Nc1ccc(Br)c(C(=O)NC2(CC(=O)O)CCC2)c1. The number of nitrogen functional groups attached to an aromatic ring is 1. The molecule has 1 saturated carbocycles. The Kier molecular flexibility index (Phi) is 3.80. The molecule has 6 heteroatoms. The molecule has 0 heterocycles. The van der Waals surface area contributed by atoms with Crippen LogP contribution in [0.3, 0.4) is 0 Å². The van der Waals surface area contributed by atoms with Crippen LogP contribution in [0.4, 0.5) is 5.69 Å². The lowest BCUT2D eigenvalue weighted by atomic mass is 9.74. The monoisotopic (exact) mass is 326 g/mol. The Bertz CT molecular complexity index is 527. The highest BCUT2D eigenvalue weighted by atomic mass is 79.9. The van der Waals surface area contributed by atoms with Crippen LogP contribution < -0.4 is 11.1 Å². The molecule has 1 fully saturated rings. The smallest absolute Gasteiger partial charge is 0.305 e. The average molecular weight is 327 g/mol. The van der Waals surface area contributed by atoms with E-state index in [1.807, 2.05) is 0 Å². The van der Waals surface area contributed by atoms with E-state index in [1.165, 1.54) is 0 Å². The predicted molar refractivity (Wildman–Crippen MR) is 74.9 cm³/mol. The third-order valence-electron chi connectivity index (χ3n) is 3.41. The van der Waals surface area contributed by atoms with Crippen LogP contribution in [0.5, 0.6) is 0 Å². The van der Waals surface area contributed by atoms with Gasteiger partial charge in [-0.25, -0.2) is 0 Å². The molecule has 0 aromatic heterocycles. The van der Waals surface area contributed by atoms with Crippen molar-refractivity contribution in [1.82, 2.24) is 5.32 Å². The van der Waals surface area contributed by atoms with Crippen LogP contribution in [0.1, 0.15) is 36.0 Å². The summed E-state index contributed by atoms with van der Waals surface area (Å²) in [6.45, 7) is 0. The maximum atomic E-state index is 12.2. The molecular formula is C13H15BrN2O3. The number of hydrogen-bond donors (Lipinski definition) is 3. The van der Waals surface area contributed by atoms with Crippen LogP contribution in [0, 0.1) is 0 Å². The number of nitrogens with two attached hydrogens (primary N) is 1. The van der Waals surface area contributed by atoms with Crippen molar-refractivity contribution in [3.63, 3.8) is 0 Å². The molecule has 5 nitrogen and oxygen atoms in total. The minimum absolute atomic E-state index is 0.0430. The number of carbonyl (C=O) groups excluding carboxylic acids is 1. The predicted octanol–water partition coefficient (Wildman–Crippen LogP) is 2.16. The van der Waals surface area contributed by atoms with Crippen LogP contribution in [-0.2, 0) is 4.79 Å². The van der Waals surface area contributed by atoms with Gasteiger partial charge < -0.3 is 16.2 Å². The second-order valence-electron chi connectivity index (χ2n) is 4.90. The Hall–Kier alpha value is -1.56. The molecule has 0 radical (unpaired) electrons. The van der Waals surface area contributed by atoms with Crippen molar-refractivity contribution in [2.45, 2.75) is 31.2 Å². The Balaban J connectivity index is 2.16. The van der Waals surface area contributed by atoms with Crippen molar-refractivity contribution in [3.8, 4) is 0 Å². The Labute approximate surface area is 119 Å². The molecule has 0 atom stereocenters. The lowest BCUT2D eigenvalue weighted by Gasteiger charge is -2.41. The van der Waals surface area contributed by atoms with Crippen molar-refractivity contribution in [2.24, 2.45) is 0 Å². The quantitative estimate of drug-likeness (QED) is 0.739. The van der Waals surface area contributed by atoms with Crippen LogP contribution in [0.25, 0.3) is 0 Å². The lowest BCUT2D eigenvalue weighted by molar-refractivity contribution is -0.139. The van der Waals surface area contributed by atoms with Crippen molar-refractivity contribution < 1.29 is 14.7 Å². The third-order valence-corrected chi connectivity index (χ3v) is 4.11. The summed E-state index contributed by atoms with van der Waals surface area (Å²) < 4.78 is 0.643. The molecule has 0 bridgehead atoms. The Morgan fingerprint density at radius 1 is 1.42 bits per heavy atom. The van der Waals surface area contributed by atoms with E-state index in [0.717, 1.165) is 6.42 Å². The van der Waals surface area contributed by atoms with Gasteiger partial charge in [-0.1, -0.05) is 0 Å². The van der Waals surface area contributed by atoms with Gasteiger partial charge in [-0.3, -0.25) is 9.59 Å². The van der Waals surface area contributed by atoms with E-state index < -0.39 is 11.5 Å². The van der Waals surface area contributed by atoms with Gasteiger partial charge in [-0.15, -0.1) is 0 Å². The second-order valence-corrected chi connectivity index (χ2v) is 5.75. The number of benzene rings is 1. The first-order chi connectivity index (χ1) is 8.92. The normalized spacial score (nSPS) is 16.5. The molecule has 19 heavy (non-hydrogen) atoms. The highest BCUT2D eigenvalue weighted by Crippen LogP contribution is 2.35. The zero-order chi connectivity index (χ0) is 14.0. The number of amides is 1. The lowest BCUT2D eigenvalue weighted by Crippen LogP contribution is -2.54. The first-order valence-corrected chi connectivity index (χ1v) is 6.80. The van der Waals surface area contributed by atoms with E-state index in [2.05, 4.69) is 21.2 Å². The summed E-state index contributed by atoms with van der Waals surface area (Å²) in [5.41, 5.74) is 5.98. The van der Waals surface area contributed by atoms with Crippen molar-refractivity contribution >= 4 is 33.5 Å². The minimum Gasteiger partial charge on any atom is -0.481 e. The van der Waals surface area contributed by atoms with Crippen LogP contribution in [0.15, 0.2) is 22.7 Å². The number of carboxylic acid groups (broad SMARTS) is 1. The Morgan fingerprint density at radius 3 is 2.63 bits per heavy atom. The number of carbonyl (C=O) groups is 2. The Morgan fingerprint density at radius 2 is 2.11 bits per heavy atom. The summed E-state index contributed by atoms with van der Waals surface area (Å²) in [6, 6.07) is 4.97. The summed E-state index contributed by atoms with van der Waals surface area (Å²) in [4.78, 5) is 23.1. The van der Waals surface area contributed by atoms with Gasteiger partial charge in [0.2, 0.25) is 0 Å². The largest absolute Gasteiger partial charge is 0.481 e. The standard InChI is InChI=1S/C13H15BrN2O3/c14-10-3-2-8(15)6-9(10)12(19)16-13(4-1-5-13)7-11(17)18/h2-3,6H,1,4-5,7,15H2,(H,16,19)(H,17,18). The fraction of sp³-hybridized carbons (Fsp3) is 0.385. The molecule has 1 aromatic carbocycles. The van der Waals surface area contributed by atoms with Crippen molar-refractivity contribution in [2.75, 3.05) is 5.73 Å². The van der Waals surface area contributed by atoms with E-state index in [1.54, 1.807) is 18.2 Å². The van der Waals surface area contributed by atoms with E-state index in [9.17, 15) is 9.59 Å². The molecule has 2 rings (SSSR count). The number of carboxylic acids is 1. The van der Waals surface area contributed by atoms with Crippen molar-refractivity contribution in [1.29, 1.82) is 0 Å². The first-order valence-electron chi connectivity index (χ1n) is 6.01. The van der Waals surface area contributed by atoms with Crippen LogP contribution in [0.2, 0.25) is 0 Å². The molecule has 4 N–H and O–H groups in total. The molecule has 1 aromatic rings. The molecule has 1 aliphatic carbocycles. The molecule has 0 spiro atoms. The van der Waals surface area contributed by atoms with Gasteiger partial charge in [0, 0.05) is 10.2 Å². The summed E-state index contributed by atoms with van der Waals surface area (Å²) in [6.07, 6.45) is 2.29. The molecule has 0 aliphatic heterocycles. The summed E-state index contributed by atoms with van der Waals surface area (Å²) >= 11 is 3.30. The number of anilines is 1. The number of halogens is 1. The van der Waals surface area contributed by atoms with Crippen molar-refractivity contribution in [3.05, 3.63) is 28.2 Å². The maximum Gasteiger partial charge on any atom is 0.305 e. The molecule has 0 saturated heterocycles. The molecule has 1 amide bonds.